The van der Waals surface area contributed by atoms with Crippen molar-refractivity contribution in [2.24, 2.45) is 0 Å². The number of anilines is 1. The van der Waals surface area contributed by atoms with E-state index in [-0.39, 0.29) is 0 Å². The van der Waals surface area contributed by atoms with Gasteiger partial charge in [-0.15, -0.1) is 0 Å². The lowest BCUT2D eigenvalue weighted by Crippen LogP contribution is -2.11. The summed E-state index contributed by atoms with van der Waals surface area (Å²) in [6.45, 7) is 13.0. The summed E-state index contributed by atoms with van der Waals surface area (Å²) < 4.78 is 2.17. The van der Waals surface area contributed by atoms with Gasteiger partial charge in [0.1, 0.15) is 11.6 Å². The molecule has 3 heteroatoms. The zero-order chi connectivity index (χ0) is 12.5. The maximum Gasteiger partial charge on any atom is 0.127 e. The van der Waals surface area contributed by atoms with Crippen LogP contribution < -0.4 is 5.73 Å². The predicted octanol–water partition coefficient (Wildman–Crippen LogP) is 3.68. The lowest BCUT2D eigenvalue weighted by atomic mass is 10.1. The molecular weight excluding hydrogens is 198 g/mol. The van der Waals surface area contributed by atoms with E-state index in [9.17, 15) is 0 Å². The normalized spacial score (nSPS) is 13.8. The number of nitrogen functional groups attached to an aromatic ring is 1. The van der Waals surface area contributed by atoms with E-state index in [1.54, 1.807) is 0 Å². The van der Waals surface area contributed by atoms with Crippen molar-refractivity contribution in [2.75, 3.05) is 5.73 Å². The van der Waals surface area contributed by atoms with E-state index in [1.165, 1.54) is 0 Å². The van der Waals surface area contributed by atoms with Gasteiger partial charge in [-0.25, -0.2) is 4.98 Å². The van der Waals surface area contributed by atoms with Crippen molar-refractivity contribution < 1.29 is 0 Å². The topological polar surface area (TPSA) is 43.8 Å². The Morgan fingerprint density at radius 2 is 1.75 bits per heavy atom. The molecule has 0 bridgehead atoms. The molecule has 1 aromatic rings. The highest BCUT2D eigenvalue weighted by Crippen LogP contribution is 2.30. The van der Waals surface area contributed by atoms with Gasteiger partial charge in [0.2, 0.25) is 0 Å². The van der Waals surface area contributed by atoms with Crippen LogP contribution in [0.15, 0.2) is 0 Å². The Hall–Kier alpha value is -0.990. The van der Waals surface area contributed by atoms with Crippen LogP contribution in [0.25, 0.3) is 0 Å². The van der Waals surface area contributed by atoms with Crippen molar-refractivity contribution in [1.82, 2.24) is 9.55 Å². The van der Waals surface area contributed by atoms with E-state index in [0.29, 0.717) is 17.9 Å². The third-order valence-corrected chi connectivity index (χ3v) is 3.12. The minimum absolute atomic E-state index is 0.378. The van der Waals surface area contributed by atoms with Crippen LogP contribution in [0, 0.1) is 0 Å². The average molecular weight is 223 g/mol. The second kappa shape index (κ2) is 4.89. The molecule has 1 rings (SSSR count). The van der Waals surface area contributed by atoms with E-state index < -0.39 is 0 Å². The van der Waals surface area contributed by atoms with Gasteiger partial charge in [-0.3, -0.25) is 0 Å². The van der Waals surface area contributed by atoms with Crippen molar-refractivity contribution in [3.63, 3.8) is 0 Å². The molecule has 0 spiro atoms. The van der Waals surface area contributed by atoms with Gasteiger partial charge in [-0.2, -0.15) is 0 Å². The average Bonchev–Trinajstić information content (AvgIpc) is 2.55. The Bertz CT molecular complexity index is 350. The molecule has 0 radical (unpaired) electrons. The first kappa shape index (κ1) is 13.1. The largest absolute Gasteiger partial charge is 0.384 e. The first-order valence-electron chi connectivity index (χ1n) is 6.27. The van der Waals surface area contributed by atoms with Crippen LogP contribution in [0.3, 0.4) is 0 Å². The number of hydrogen-bond donors (Lipinski definition) is 1. The van der Waals surface area contributed by atoms with Crippen molar-refractivity contribution in [1.29, 1.82) is 0 Å². The van der Waals surface area contributed by atoms with Gasteiger partial charge in [0.15, 0.2) is 0 Å². The fraction of sp³-hybridized carbons (Fsp3) is 0.769. The molecule has 0 fully saturated rings. The minimum atomic E-state index is 0.378. The van der Waals surface area contributed by atoms with E-state index in [2.05, 4.69) is 46.1 Å². The zero-order valence-corrected chi connectivity index (χ0v) is 11.4. The first-order chi connectivity index (χ1) is 7.40. The molecule has 0 saturated carbocycles. The van der Waals surface area contributed by atoms with Gasteiger partial charge in [-0.05, 0) is 20.3 Å². The molecule has 0 aliphatic carbocycles. The number of rotatable bonds is 4. The number of hydrogen-bond acceptors (Lipinski definition) is 2. The highest BCUT2D eigenvalue weighted by atomic mass is 15.2. The van der Waals surface area contributed by atoms with Gasteiger partial charge in [-0.1, -0.05) is 27.7 Å². The monoisotopic (exact) mass is 223 g/mol. The summed E-state index contributed by atoms with van der Waals surface area (Å²) in [6.07, 6.45) is 1.08. The van der Waals surface area contributed by atoms with Gasteiger partial charge in [0.25, 0.3) is 0 Å². The number of nitrogens with zero attached hydrogens (tertiary/aromatic N) is 2. The van der Waals surface area contributed by atoms with E-state index in [0.717, 1.165) is 23.8 Å². The third kappa shape index (κ3) is 2.23. The second-order valence-electron chi connectivity index (χ2n) is 5.17. The molecule has 16 heavy (non-hydrogen) atoms. The molecule has 1 atom stereocenters. The minimum Gasteiger partial charge on any atom is -0.384 e. The molecule has 92 valence electrons. The summed E-state index contributed by atoms with van der Waals surface area (Å²) >= 11 is 0. The standard InChI is InChI=1S/C13H25N3/c1-7-10(6)11-12(14)16(9(4)5)13(15-11)8(2)3/h8-10H,7,14H2,1-6H3. The van der Waals surface area contributed by atoms with E-state index >= 15 is 0 Å². The smallest absolute Gasteiger partial charge is 0.127 e. The predicted molar refractivity (Wildman–Crippen MR) is 69.8 cm³/mol. The maximum absolute atomic E-state index is 6.22. The molecule has 1 unspecified atom stereocenters. The van der Waals surface area contributed by atoms with Gasteiger partial charge >= 0.3 is 0 Å². The van der Waals surface area contributed by atoms with Crippen LogP contribution in [0.4, 0.5) is 5.82 Å². The number of nitrogens with two attached hydrogens (primary N) is 1. The molecule has 0 aliphatic rings. The van der Waals surface area contributed by atoms with Crippen LogP contribution in [0.1, 0.15) is 77.4 Å². The fourth-order valence-electron chi connectivity index (χ4n) is 1.99. The van der Waals surface area contributed by atoms with Crippen molar-refractivity contribution in [3.8, 4) is 0 Å². The third-order valence-electron chi connectivity index (χ3n) is 3.12. The SMILES string of the molecule is CCC(C)c1nc(C(C)C)n(C(C)C)c1N. The maximum atomic E-state index is 6.22. The zero-order valence-electron chi connectivity index (χ0n) is 11.4. The summed E-state index contributed by atoms with van der Waals surface area (Å²) in [7, 11) is 0. The Morgan fingerprint density at radius 1 is 1.19 bits per heavy atom. The van der Waals surface area contributed by atoms with Crippen LogP contribution in [0.2, 0.25) is 0 Å². The van der Waals surface area contributed by atoms with Crippen molar-refractivity contribution >= 4 is 5.82 Å². The van der Waals surface area contributed by atoms with E-state index in [1.807, 2.05) is 0 Å². The van der Waals surface area contributed by atoms with Crippen LogP contribution in [0.5, 0.6) is 0 Å². The summed E-state index contributed by atoms with van der Waals surface area (Å²) in [5.74, 6) is 2.83. The second-order valence-corrected chi connectivity index (χ2v) is 5.17. The lowest BCUT2D eigenvalue weighted by Gasteiger charge is -2.15. The van der Waals surface area contributed by atoms with Crippen LogP contribution in [-0.4, -0.2) is 9.55 Å². The Kier molecular flexibility index (Phi) is 4.00. The van der Waals surface area contributed by atoms with E-state index in [4.69, 9.17) is 10.7 Å². The molecule has 0 aliphatic heterocycles. The van der Waals surface area contributed by atoms with Crippen molar-refractivity contribution in [2.45, 2.75) is 65.8 Å². The summed E-state index contributed by atoms with van der Waals surface area (Å²) in [6, 6.07) is 0.378. The highest BCUT2D eigenvalue weighted by Gasteiger charge is 2.21. The Labute approximate surface area is 99.1 Å². The highest BCUT2D eigenvalue weighted by molar-refractivity contribution is 5.41. The summed E-state index contributed by atoms with van der Waals surface area (Å²) in [4.78, 5) is 4.74. The van der Waals surface area contributed by atoms with Gasteiger partial charge < -0.3 is 10.3 Å². The Morgan fingerprint density at radius 3 is 2.06 bits per heavy atom. The molecule has 0 aromatic carbocycles. The number of imidazole rings is 1. The van der Waals surface area contributed by atoms with Gasteiger partial charge in [0, 0.05) is 17.9 Å². The molecule has 0 saturated heterocycles. The molecule has 1 heterocycles. The molecule has 2 N–H and O–H groups in total. The summed E-state index contributed by atoms with van der Waals surface area (Å²) in [5, 5.41) is 0. The molecule has 0 amide bonds. The van der Waals surface area contributed by atoms with Crippen LogP contribution in [-0.2, 0) is 0 Å². The summed E-state index contributed by atoms with van der Waals surface area (Å²) in [5.41, 5.74) is 7.29. The quantitative estimate of drug-likeness (QED) is 0.846. The fourth-order valence-corrected chi connectivity index (χ4v) is 1.99. The molecular formula is C13H25N3. The first-order valence-corrected chi connectivity index (χ1v) is 6.27. The van der Waals surface area contributed by atoms with Gasteiger partial charge in [0.05, 0.1) is 5.69 Å². The Balaban J connectivity index is 3.30. The molecule has 1 aromatic heterocycles. The molecule has 3 nitrogen and oxygen atoms in total. The number of aromatic nitrogens is 2. The van der Waals surface area contributed by atoms with Crippen LogP contribution >= 0.6 is 0 Å². The lowest BCUT2D eigenvalue weighted by molar-refractivity contribution is 0.556. The van der Waals surface area contributed by atoms with Crippen molar-refractivity contribution in [3.05, 3.63) is 11.5 Å².